The number of halogens is 1. The molecule has 0 atom stereocenters. The smallest absolute Gasteiger partial charge is 0.258 e. The minimum absolute atomic E-state index is 0.0601. The molecule has 7 heteroatoms. The fourth-order valence-electron chi connectivity index (χ4n) is 3.73. The largest absolute Gasteiger partial charge is 0.378 e. The van der Waals surface area contributed by atoms with E-state index < -0.39 is 5.82 Å². The van der Waals surface area contributed by atoms with Crippen molar-refractivity contribution in [2.24, 2.45) is 0 Å². The van der Waals surface area contributed by atoms with E-state index in [-0.39, 0.29) is 23.1 Å². The van der Waals surface area contributed by atoms with Gasteiger partial charge in [-0.1, -0.05) is 42.5 Å². The molecule has 1 aromatic heterocycles. The quantitative estimate of drug-likeness (QED) is 0.583. The van der Waals surface area contributed by atoms with Crippen LogP contribution in [0.3, 0.4) is 0 Å². The van der Waals surface area contributed by atoms with Gasteiger partial charge >= 0.3 is 0 Å². The zero-order valence-electron chi connectivity index (χ0n) is 18.4. The number of benzene rings is 2. The Morgan fingerprint density at radius 1 is 1.09 bits per heavy atom. The Balaban J connectivity index is 1.75. The standard InChI is InChI=1S/C25H27FN4O2/c1-18(2)30(17-19-8-4-3-5-9-19)24(31)21-16-27-25(29-12-14-32-15-13-29)28-23(21)20-10-6-7-11-22(20)26/h3-11,16,18H,12-15,17H2,1-2H3. The van der Waals surface area contributed by atoms with Gasteiger partial charge in [0, 0.05) is 37.4 Å². The minimum atomic E-state index is -0.424. The molecule has 2 heterocycles. The van der Waals surface area contributed by atoms with Crippen molar-refractivity contribution in [3.63, 3.8) is 0 Å². The highest BCUT2D eigenvalue weighted by molar-refractivity contribution is 6.00. The van der Waals surface area contributed by atoms with E-state index in [9.17, 15) is 9.18 Å². The summed E-state index contributed by atoms with van der Waals surface area (Å²) in [5, 5.41) is 0. The predicted octanol–water partition coefficient (Wildman–Crippen LogP) is 4.17. The van der Waals surface area contributed by atoms with E-state index in [1.807, 2.05) is 49.1 Å². The molecule has 2 aromatic carbocycles. The molecule has 6 nitrogen and oxygen atoms in total. The number of rotatable bonds is 6. The van der Waals surface area contributed by atoms with Crippen LogP contribution in [0.25, 0.3) is 11.3 Å². The van der Waals surface area contributed by atoms with Gasteiger partial charge in [0.1, 0.15) is 5.82 Å². The van der Waals surface area contributed by atoms with Gasteiger partial charge < -0.3 is 14.5 Å². The van der Waals surface area contributed by atoms with E-state index in [0.717, 1.165) is 5.56 Å². The fraction of sp³-hybridized carbons (Fsp3) is 0.320. The summed E-state index contributed by atoms with van der Waals surface area (Å²) < 4.78 is 20.2. The van der Waals surface area contributed by atoms with Crippen LogP contribution in [0.2, 0.25) is 0 Å². The zero-order chi connectivity index (χ0) is 22.5. The number of carbonyl (C=O) groups is 1. The van der Waals surface area contributed by atoms with Crippen molar-refractivity contribution in [3.05, 3.63) is 77.7 Å². The normalized spacial score (nSPS) is 13.9. The molecule has 4 rings (SSSR count). The molecular weight excluding hydrogens is 407 g/mol. The maximum atomic E-state index is 14.8. The first-order valence-corrected chi connectivity index (χ1v) is 10.8. The number of morpholine rings is 1. The molecule has 0 bridgehead atoms. The average molecular weight is 435 g/mol. The summed E-state index contributed by atoms with van der Waals surface area (Å²) in [6.07, 6.45) is 1.53. The van der Waals surface area contributed by atoms with Crippen LogP contribution in [0, 0.1) is 5.82 Å². The third-order valence-corrected chi connectivity index (χ3v) is 5.51. The second kappa shape index (κ2) is 9.87. The number of anilines is 1. The number of amides is 1. The van der Waals surface area contributed by atoms with Crippen LogP contribution in [0.15, 0.2) is 60.8 Å². The van der Waals surface area contributed by atoms with Crippen LogP contribution in [0.5, 0.6) is 0 Å². The number of carbonyl (C=O) groups excluding carboxylic acids is 1. The van der Waals surface area contributed by atoms with Crippen LogP contribution in [0.4, 0.5) is 10.3 Å². The van der Waals surface area contributed by atoms with Crippen molar-refractivity contribution >= 4 is 11.9 Å². The second-order valence-electron chi connectivity index (χ2n) is 8.02. The highest BCUT2D eigenvalue weighted by Crippen LogP contribution is 2.28. The van der Waals surface area contributed by atoms with Crippen molar-refractivity contribution in [2.75, 3.05) is 31.2 Å². The Hall–Kier alpha value is -3.32. The molecule has 1 aliphatic heterocycles. The summed E-state index contributed by atoms with van der Waals surface area (Å²) in [4.78, 5) is 26.6. The van der Waals surface area contributed by atoms with Crippen LogP contribution in [-0.2, 0) is 11.3 Å². The summed E-state index contributed by atoms with van der Waals surface area (Å²) in [5.41, 5.74) is 1.91. The van der Waals surface area contributed by atoms with Crippen molar-refractivity contribution < 1.29 is 13.9 Å². The average Bonchev–Trinajstić information content (AvgIpc) is 2.83. The molecule has 1 amide bonds. The molecule has 1 saturated heterocycles. The van der Waals surface area contributed by atoms with Gasteiger partial charge in [-0.05, 0) is 31.5 Å². The summed E-state index contributed by atoms with van der Waals surface area (Å²) in [5.74, 6) is -0.176. The predicted molar refractivity (Wildman–Crippen MR) is 122 cm³/mol. The van der Waals surface area contributed by atoms with Gasteiger partial charge in [0.25, 0.3) is 5.91 Å². The number of aromatic nitrogens is 2. The molecule has 1 fully saturated rings. The molecule has 0 saturated carbocycles. The lowest BCUT2D eigenvalue weighted by atomic mass is 10.0. The molecule has 0 spiro atoms. The first-order valence-electron chi connectivity index (χ1n) is 10.8. The van der Waals surface area contributed by atoms with Gasteiger partial charge in [0.15, 0.2) is 0 Å². The molecule has 0 aliphatic carbocycles. The second-order valence-corrected chi connectivity index (χ2v) is 8.02. The van der Waals surface area contributed by atoms with E-state index in [2.05, 4.69) is 9.97 Å². The van der Waals surface area contributed by atoms with E-state index in [1.165, 1.54) is 12.3 Å². The maximum Gasteiger partial charge on any atom is 0.258 e. The lowest BCUT2D eigenvalue weighted by Crippen LogP contribution is -2.38. The monoisotopic (exact) mass is 434 g/mol. The number of hydrogen-bond donors (Lipinski definition) is 0. The van der Waals surface area contributed by atoms with Crippen molar-refractivity contribution in [1.29, 1.82) is 0 Å². The van der Waals surface area contributed by atoms with E-state index >= 15 is 0 Å². The third kappa shape index (κ3) is 4.78. The molecule has 3 aromatic rings. The van der Waals surface area contributed by atoms with Crippen molar-refractivity contribution in [2.45, 2.75) is 26.4 Å². The Bertz CT molecular complexity index is 1070. The lowest BCUT2D eigenvalue weighted by Gasteiger charge is -2.29. The summed E-state index contributed by atoms with van der Waals surface area (Å²) >= 11 is 0. The van der Waals surface area contributed by atoms with Gasteiger partial charge in [-0.15, -0.1) is 0 Å². The van der Waals surface area contributed by atoms with Gasteiger partial charge in [-0.25, -0.2) is 14.4 Å². The first kappa shape index (κ1) is 21.9. The lowest BCUT2D eigenvalue weighted by molar-refractivity contribution is 0.0690. The highest BCUT2D eigenvalue weighted by Gasteiger charge is 2.26. The van der Waals surface area contributed by atoms with Crippen LogP contribution in [0.1, 0.15) is 29.8 Å². The van der Waals surface area contributed by atoms with Crippen molar-refractivity contribution in [1.82, 2.24) is 14.9 Å². The molecule has 1 aliphatic rings. The Morgan fingerprint density at radius 3 is 2.47 bits per heavy atom. The molecule has 0 unspecified atom stereocenters. The molecule has 0 N–H and O–H groups in total. The van der Waals surface area contributed by atoms with E-state index in [0.29, 0.717) is 44.5 Å². The molecule has 0 radical (unpaired) electrons. The third-order valence-electron chi connectivity index (χ3n) is 5.51. The fourth-order valence-corrected chi connectivity index (χ4v) is 3.73. The highest BCUT2D eigenvalue weighted by atomic mass is 19.1. The molecule has 32 heavy (non-hydrogen) atoms. The van der Waals surface area contributed by atoms with Crippen LogP contribution >= 0.6 is 0 Å². The Morgan fingerprint density at radius 2 is 1.78 bits per heavy atom. The maximum absolute atomic E-state index is 14.8. The topological polar surface area (TPSA) is 58.6 Å². The minimum Gasteiger partial charge on any atom is -0.378 e. The zero-order valence-corrected chi connectivity index (χ0v) is 18.4. The first-order chi connectivity index (χ1) is 15.5. The van der Waals surface area contributed by atoms with Crippen LogP contribution in [-0.4, -0.2) is 53.1 Å². The summed E-state index contributed by atoms with van der Waals surface area (Å²) in [6.45, 7) is 6.83. The van der Waals surface area contributed by atoms with Gasteiger partial charge in [-0.3, -0.25) is 4.79 Å². The number of ether oxygens (including phenoxy) is 1. The summed E-state index contributed by atoms with van der Waals surface area (Å²) in [7, 11) is 0. The van der Waals surface area contributed by atoms with E-state index in [4.69, 9.17) is 4.74 Å². The number of nitrogens with zero attached hydrogens (tertiary/aromatic N) is 4. The SMILES string of the molecule is CC(C)N(Cc1ccccc1)C(=O)c1cnc(N2CCOCC2)nc1-c1ccccc1F. The van der Waals surface area contributed by atoms with Crippen molar-refractivity contribution in [3.8, 4) is 11.3 Å². The van der Waals surface area contributed by atoms with Crippen LogP contribution < -0.4 is 4.90 Å². The summed E-state index contributed by atoms with van der Waals surface area (Å²) in [6, 6.07) is 16.1. The Labute approximate surface area is 187 Å². The molecule has 166 valence electrons. The van der Waals surface area contributed by atoms with Gasteiger partial charge in [-0.2, -0.15) is 0 Å². The van der Waals surface area contributed by atoms with Gasteiger partial charge in [0.2, 0.25) is 5.95 Å². The molecular formula is C25H27FN4O2. The Kier molecular flexibility index (Phi) is 6.75. The van der Waals surface area contributed by atoms with E-state index in [1.54, 1.807) is 23.1 Å². The van der Waals surface area contributed by atoms with Gasteiger partial charge in [0.05, 0.1) is 24.5 Å². The number of hydrogen-bond acceptors (Lipinski definition) is 5.